The highest BCUT2D eigenvalue weighted by Crippen LogP contribution is 2.00. The van der Waals surface area contributed by atoms with Gasteiger partial charge in [-0.1, -0.05) is 13.8 Å². The zero-order chi connectivity index (χ0) is 10.8. The van der Waals surface area contributed by atoms with Crippen LogP contribution in [0.1, 0.15) is 33.6 Å². The summed E-state index contributed by atoms with van der Waals surface area (Å²) in [7, 11) is 0. The first-order valence-corrected chi connectivity index (χ1v) is 5.16. The van der Waals surface area contributed by atoms with Gasteiger partial charge in [0, 0.05) is 0 Å². The van der Waals surface area contributed by atoms with E-state index >= 15 is 0 Å². The molecule has 0 saturated heterocycles. The number of ether oxygens (including phenoxy) is 3. The van der Waals surface area contributed by atoms with E-state index in [2.05, 4.69) is 0 Å². The summed E-state index contributed by atoms with van der Waals surface area (Å²) < 4.78 is 15.2. The summed E-state index contributed by atoms with van der Waals surface area (Å²) >= 11 is 0. The van der Waals surface area contributed by atoms with Crippen molar-refractivity contribution in [3.8, 4) is 0 Å². The van der Waals surface area contributed by atoms with E-state index in [1.54, 1.807) is 6.92 Å². The lowest BCUT2D eigenvalue weighted by Crippen LogP contribution is -2.30. The average molecular weight is 204 g/mol. The van der Waals surface area contributed by atoms with Crippen LogP contribution < -0.4 is 0 Å². The van der Waals surface area contributed by atoms with Crippen LogP contribution in [0.5, 0.6) is 0 Å². The standard InChI is InChI=1S/C10H20O4/c1-4-7-13-10(14-8-5-2)9(11)12-6-3/h10H,4-8H2,1-3H3. The Hall–Kier alpha value is -0.610. The number of carbonyl (C=O) groups excluding carboxylic acids is 1. The highest BCUT2D eigenvalue weighted by atomic mass is 16.7. The van der Waals surface area contributed by atoms with E-state index in [0.717, 1.165) is 12.8 Å². The summed E-state index contributed by atoms with van der Waals surface area (Å²) in [5.41, 5.74) is 0. The molecule has 0 spiro atoms. The van der Waals surface area contributed by atoms with Crippen molar-refractivity contribution in [1.82, 2.24) is 0 Å². The van der Waals surface area contributed by atoms with E-state index < -0.39 is 12.3 Å². The van der Waals surface area contributed by atoms with Crippen LogP contribution in [0.15, 0.2) is 0 Å². The fourth-order valence-corrected chi connectivity index (χ4v) is 0.844. The second kappa shape index (κ2) is 8.97. The average Bonchev–Trinajstić information content (AvgIpc) is 2.18. The van der Waals surface area contributed by atoms with Gasteiger partial charge in [-0.15, -0.1) is 0 Å². The third kappa shape index (κ3) is 5.94. The smallest absolute Gasteiger partial charge is 0.363 e. The summed E-state index contributed by atoms with van der Waals surface area (Å²) in [6.45, 7) is 7.07. The summed E-state index contributed by atoms with van der Waals surface area (Å²) in [5, 5.41) is 0. The highest BCUT2D eigenvalue weighted by molar-refractivity contribution is 5.73. The maximum absolute atomic E-state index is 11.3. The Morgan fingerprint density at radius 3 is 1.93 bits per heavy atom. The lowest BCUT2D eigenvalue weighted by molar-refractivity contribution is -0.194. The number of hydrogen-bond acceptors (Lipinski definition) is 4. The van der Waals surface area contributed by atoms with E-state index in [4.69, 9.17) is 14.2 Å². The van der Waals surface area contributed by atoms with Crippen molar-refractivity contribution in [2.24, 2.45) is 0 Å². The molecule has 0 N–H and O–H groups in total. The lowest BCUT2D eigenvalue weighted by atomic mass is 10.5. The quantitative estimate of drug-likeness (QED) is 0.446. The number of rotatable bonds is 8. The molecule has 0 aromatic rings. The van der Waals surface area contributed by atoms with Crippen molar-refractivity contribution < 1.29 is 19.0 Å². The molecule has 84 valence electrons. The third-order valence-electron chi connectivity index (χ3n) is 1.43. The molecule has 0 saturated carbocycles. The first-order chi connectivity index (χ1) is 6.76. The summed E-state index contributed by atoms with van der Waals surface area (Å²) in [5.74, 6) is -0.436. The molecule has 14 heavy (non-hydrogen) atoms. The molecule has 0 bridgehead atoms. The van der Waals surface area contributed by atoms with E-state index in [0.29, 0.717) is 19.8 Å². The van der Waals surface area contributed by atoms with Gasteiger partial charge in [0.25, 0.3) is 6.29 Å². The molecule has 0 aliphatic rings. The Balaban J connectivity index is 3.88. The van der Waals surface area contributed by atoms with Gasteiger partial charge in [-0.3, -0.25) is 0 Å². The number of hydrogen-bond donors (Lipinski definition) is 0. The first-order valence-electron chi connectivity index (χ1n) is 5.16. The van der Waals surface area contributed by atoms with Crippen LogP contribution in [0.3, 0.4) is 0 Å². The van der Waals surface area contributed by atoms with Crippen LogP contribution in [0.2, 0.25) is 0 Å². The summed E-state index contributed by atoms with van der Waals surface area (Å²) in [4.78, 5) is 11.3. The zero-order valence-corrected chi connectivity index (χ0v) is 9.25. The maximum Gasteiger partial charge on any atom is 0.363 e. The fourth-order valence-electron chi connectivity index (χ4n) is 0.844. The molecule has 0 atom stereocenters. The Labute approximate surface area is 85.5 Å². The molecule has 0 unspecified atom stereocenters. The normalized spacial score (nSPS) is 10.6. The van der Waals surface area contributed by atoms with E-state index in [9.17, 15) is 4.79 Å². The highest BCUT2D eigenvalue weighted by Gasteiger charge is 2.20. The van der Waals surface area contributed by atoms with Crippen molar-refractivity contribution in [3.05, 3.63) is 0 Å². The Morgan fingerprint density at radius 1 is 1.07 bits per heavy atom. The Morgan fingerprint density at radius 2 is 1.57 bits per heavy atom. The SMILES string of the molecule is CCCOC(OCCC)C(=O)OCC. The van der Waals surface area contributed by atoms with Crippen LogP contribution in [0, 0.1) is 0 Å². The van der Waals surface area contributed by atoms with Gasteiger partial charge in [-0.2, -0.15) is 0 Å². The topological polar surface area (TPSA) is 44.8 Å². The first kappa shape index (κ1) is 13.4. The molecule has 0 rings (SSSR count). The third-order valence-corrected chi connectivity index (χ3v) is 1.43. The minimum Gasteiger partial charge on any atom is -0.462 e. The van der Waals surface area contributed by atoms with Gasteiger partial charge in [0.1, 0.15) is 0 Å². The van der Waals surface area contributed by atoms with E-state index in [1.165, 1.54) is 0 Å². The molecule has 0 aromatic heterocycles. The molecule has 0 fully saturated rings. The van der Waals surface area contributed by atoms with Gasteiger partial charge >= 0.3 is 5.97 Å². The molecule has 0 aliphatic heterocycles. The van der Waals surface area contributed by atoms with E-state index in [1.807, 2.05) is 13.8 Å². The molecule has 4 heteroatoms. The Kier molecular flexibility index (Phi) is 8.57. The predicted molar refractivity (Wildman–Crippen MR) is 52.9 cm³/mol. The minimum absolute atomic E-state index is 0.348. The zero-order valence-electron chi connectivity index (χ0n) is 9.25. The monoisotopic (exact) mass is 204 g/mol. The van der Waals surface area contributed by atoms with Crippen molar-refractivity contribution in [3.63, 3.8) is 0 Å². The Bertz CT molecular complexity index is 139. The van der Waals surface area contributed by atoms with Crippen LogP contribution in [0.4, 0.5) is 0 Å². The van der Waals surface area contributed by atoms with Gasteiger partial charge in [0.15, 0.2) is 0 Å². The van der Waals surface area contributed by atoms with Gasteiger partial charge in [-0.05, 0) is 19.8 Å². The maximum atomic E-state index is 11.3. The van der Waals surface area contributed by atoms with Crippen molar-refractivity contribution >= 4 is 5.97 Å². The van der Waals surface area contributed by atoms with E-state index in [-0.39, 0.29) is 0 Å². The predicted octanol–water partition coefficient (Wildman–Crippen LogP) is 1.73. The minimum atomic E-state index is -0.852. The molecule has 0 aromatic carbocycles. The van der Waals surface area contributed by atoms with Crippen LogP contribution in [-0.4, -0.2) is 32.1 Å². The molecular formula is C10H20O4. The van der Waals surface area contributed by atoms with Crippen LogP contribution in [0.25, 0.3) is 0 Å². The molecule has 0 amide bonds. The second-order valence-corrected chi connectivity index (χ2v) is 2.83. The molecule has 0 heterocycles. The molecule has 0 radical (unpaired) electrons. The van der Waals surface area contributed by atoms with Crippen LogP contribution in [-0.2, 0) is 19.0 Å². The van der Waals surface area contributed by atoms with Gasteiger partial charge in [0.2, 0.25) is 0 Å². The van der Waals surface area contributed by atoms with Crippen molar-refractivity contribution in [1.29, 1.82) is 0 Å². The van der Waals surface area contributed by atoms with Crippen molar-refractivity contribution in [2.75, 3.05) is 19.8 Å². The lowest BCUT2D eigenvalue weighted by Gasteiger charge is -2.15. The van der Waals surface area contributed by atoms with Gasteiger partial charge < -0.3 is 14.2 Å². The van der Waals surface area contributed by atoms with Crippen LogP contribution >= 0.6 is 0 Å². The summed E-state index contributed by atoms with van der Waals surface area (Å²) in [6.07, 6.45) is 0.853. The molecule has 0 aliphatic carbocycles. The second-order valence-electron chi connectivity index (χ2n) is 2.83. The number of carbonyl (C=O) groups is 1. The number of esters is 1. The summed E-state index contributed by atoms with van der Waals surface area (Å²) in [6, 6.07) is 0. The largest absolute Gasteiger partial charge is 0.462 e. The van der Waals surface area contributed by atoms with Gasteiger partial charge in [-0.25, -0.2) is 4.79 Å². The fraction of sp³-hybridized carbons (Fsp3) is 0.900. The molecule has 4 nitrogen and oxygen atoms in total. The molecular weight excluding hydrogens is 184 g/mol. The van der Waals surface area contributed by atoms with Gasteiger partial charge in [0.05, 0.1) is 19.8 Å². The van der Waals surface area contributed by atoms with Crippen molar-refractivity contribution in [2.45, 2.75) is 39.9 Å².